The van der Waals surface area contributed by atoms with E-state index in [1.165, 1.54) is 6.07 Å². The van der Waals surface area contributed by atoms with Crippen LogP contribution in [0.25, 0.3) is 16.7 Å². The van der Waals surface area contributed by atoms with Crippen molar-refractivity contribution < 1.29 is 19.8 Å². The van der Waals surface area contributed by atoms with Crippen molar-refractivity contribution >= 4 is 28.6 Å². The average molecular weight is 480 g/mol. The van der Waals surface area contributed by atoms with Crippen molar-refractivity contribution in [1.82, 2.24) is 19.4 Å². The van der Waals surface area contributed by atoms with Crippen LogP contribution < -0.4 is 4.90 Å². The molecular formula is C26H33N5O4. The smallest absolute Gasteiger partial charge is 0.335 e. The van der Waals surface area contributed by atoms with Gasteiger partial charge in [-0.05, 0) is 57.2 Å². The van der Waals surface area contributed by atoms with Gasteiger partial charge in [-0.2, -0.15) is 0 Å². The fourth-order valence-corrected chi connectivity index (χ4v) is 4.64. The largest absolute Gasteiger partial charge is 0.478 e. The summed E-state index contributed by atoms with van der Waals surface area (Å²) in [5, 5.41) is 19.7. The molecule has 9 heteroatoms. The number of hydrogen-bond acceptors (Lipinski definition) is 6. The number of imidazole rings is 1. The molecule has 3 aromatic rings. The van der Waals surface area contributed by atoms with Crippen LogP contribution in [-0.2, 0) is 4.79 Å². The molecule has 35 heavy (non-hydrogen) atoms. The van der Waals surface area contributed by atoms with Gasteiger partial charge in [0.15, 0.2) is 0 Å². The van der Waals surface area contributed by atoms with Crippen LogP contribution in [-0.4, -0.2) is 87.3 Å². The number of aromatic nitrogens is 2. The molecule has 0 saturated carbocycles. The number of aliphatic hydroxyl groups excluding tert-OH is 1. The van der Waals surface area contributed by atoms with E-state index >= 15 is 0 Å². The number of nitrogens with zero attached hydrogens (tertiary/aromatic N) is 5. The van der Waals surface area contributed by atoms with E-state index in [2.05, 4.69) is 26.9 Å². The Morgan fingerprint density at radius 3 is 2.34 bits per heavy atom. The number of amides is 1. The van der Waals surface area contributed by atoms with E-state index in [4.69, 9.17) is 0 Å². The second-order valence-electron chi connectivity index (χ2n) is 8.84. The summed E-state index contributed by atoms with van der Waals surface area (Å²) in [6, 6.07) is 12.9. The minimum Gasteiger partial charge on any atom is -0.478 e. The maximum Gasteiger partial charge on any atom is 0.335 e. The molecule has 1 atom stereocenters. The Balaban J connectivity index is 1.56. The lowest BCUT2D eigenvalue weighted by molar-refractivity contribution is -0.132. The minimum atomic E-state index is -1.01. The maximum absolute atomic E-state index is 12.5. The first kappa shape index (κ1) is 24.7. The Labute approximate surface area is 205 Å². The van der Waals surface area contributed by atoms with Crippen molar-refractivity contribution in [3.05, 3.63) is 53.9 Å². The molecule has 0 bridgehead atoms. The van der Waals surface area contributed by atoms with Gasteiger partial charge in [0, 0.05) is 50.6 Å². The number of carbonyl (C=O) groups excluding carboxylic acids is 1. The topological polar surface area (TPSA) is 102 Å². The van der Waals surface area contributed by atoms with Gasteiger partial charge in [0.05, 0.1) is 23.1 Å². The number of piperazine rings is 1. The number of aliphatic hydroxyl groups is 1. The number of carboxylic acid groups (broad SMARTS) is 1. The number of carbonyl (C=O) groups is 2. The third-order valence-corrected chi connectivity index (χ3v) is 6.60. The van der Waals surface area contributed by atoms with E-state index in [0.29, 0.717) is 17.9 Å². The third-order valence-electron chi connectivity index (χ3n) is 6.60. The van der Waals surface area contributed by atoms with Gasteiger partial charge in [-0.1, -0.05) is 6.07 Å². The highest BCUT2D eigenvalue weighted by molar-refractivity contribution is 5.93. The van der Waals surface area contributed by atoms with Gasteiger partial charge < -0.3 is 20.0 Å². The van der Waals surface area contributed by atoms with Gasteiger partial charge in [-0.25, -0.2) is 9.78 Å². The first-order valence-electron chi connectivity index (χ1n) is 12.1. The van der Waals surface area contributed by atoms with Crippen molar-refractivity contribution in [1.29, 1.82) is 0 Å². The maximum atomic E-state index is 12.5. The molecule has 1 aromatic heterocycles. The van der Waals surface area contributed by atoms with Gasteiger partial charge in [0.1, 0.15) is 11.9 Å². The highest BCUT2D eigenvalue weighted by Gasteiger charge is 2.22. The molecule has 1 aliphatic heterocycles. The molecule has 2 N–H and O–H groups in total. The predicted octanol–water partition coefficient (Wildman–Crippen LogP) is 2.77. The Kier molecular flexibility index (Phi) is 7.37. The van der Waals surface area contributed by atoms with Crippen molar-refractivity contribution in [2.24, 2.45) is 0 Å². The van der Waals surface area contributed by atoms with Gasteiger partial charge >= 0.3 is 5.97 Å². The number of rotatable bonds is 8. The van der Waals surface area contributed by atoms with Gasteiger partial charge in [-0.15, -0.1) is 0 Å². The van der Waals surface area contributed by atoms with E-state index in [1.54, 1.807) is 19.1 Å². The van der Waals surface area contributed by atoms with Crippen LogP contribution in [0.2, 0.25) is 0 Å². The van der Waals surface area contributed by atoms with Gasteiger partial charge in [-0.3, -0.25) is 14.3 Å². The Morgan fingerprint density at radius 1 is 1.03 bits per heavy atom. The Morgan fingerprint density at radius 2 is 1.71 bits per heavy atom. The molecule has 4 rings (SSSR count). The molecule has 0 aliphatic carbocycles. The predicted molar refractivity (Wildman–Crippen MR) is 135 cm³/mol. The number of benzene rings is 2. The molecule has 1 amide bonds. The first-order valence-corrected chi connectivity index (χ1v) is 12.1. The summed E-state index contributed by atoms with van der Waals surface area (Å²) in [6.07, 6.45) is -0.828. The van der Waals surface area contributed by atoms with Gasteiger partial charge in [0.25, 0.3) is 0 Å². The van der Waals surface area contributed by atoms with Crippen LogP contribution in [0, 0.1) is 0 Å². The monoisotopic (exact) mass is 479 g/mol. The number of fused-ring (bicyclic) bond motifs is 1. The Hall–Kier alpha value is -3.43. The lowest BCUT2D eigenvalue weighted by atomic mass is 10.2. The van der Waals surface area contributed by atoms with Crippen molar-refractivity contribution in [2.45, 2.75) is 26.9 Å². The van der Waals surface area contributed by atoms with Crippen molar-refractivity contribution in [3.8, 4) is 5.69 Å². The molecule has 2 aromatic carbocycles. The molecule has 1 aliphatic rings. The SMILES string of the molecule is CCN(CC)C(=O)CN1CCN(c2cccc(-n3c(C(C)O)nc4cc(C(=O)O)ccc43)c2)CC1. The van der Waals surface area contributed by atoms with Crippen LogP contribution in [0.3, 0.4) is 0 Å². The third kappa shape index (κ3) is 5.16. The van der Waals surface area contributed by atoms with E-state index in [-0.39, 0.29) is 11.5 Å². The molecule has 9 nitrogen and oxygen atoms in total. The molecule has 2 heterocycles. The number of likely N-dealkylation sites (N-methyl/N-ethyl adjacent to an activating group) is 1. The molecular weight excluding hydrogens is 446 g/mol. The summed E-state index contributed by atoms with van der Waals surface area (Å²) in [5.41, 5.74) is 3.33. The van der Waals surface area contributed by atoms with E-state index in [1.807, 2.05) is 35.4 Å². The van der Waals surface area contributed by atoms with E-state index in [9.17, 15) is 19.8 Å². The summed E-state index contributed by atoms with van der Waals surface area (Å²) in [5.74, 6) is -0.381. The van der Waals surface area contributed by atoms with Crippen LogP contribution in [0.5, 0.6) is 0 Å². The number of hydrogen-bond donors (Lipinski definition) is 2. The minimum absolute atomic E-state index is 0.158. The van der Waals surface area contributed by atoms with Crippen LogP contribution >= 0.6 is 0 Å². The molecule has 1 saturated heterocycles. The zero-order chi connectivity index (χ0) is 25.1. The Bertz CT molecular complexity index is 1210. The summed E-state index contributed by atoms with van der Waals surface area (Å²) < 4.78 is 1.88. The molecule has 1 fully saturated rings. The molecule has 1 unspecified atom stereocenters. The zero-order valence-electron chi connectivity index (χ0n) is 20.5. The molecule has 0 radical (unpaired) electrons. The average Bonchev–Trinajstić information content (AvgIpc) is 3.24. The molecule has 186 valence electrons. The summed E-state index contributed by atoms with van der Waals surface area (Å²) in [4.78, 5) is 34.8. The van der Waals surface area contributed by atoms with Crippen LogP contribution in [0.15, 0.2) is 42.5 Å². The fraction of sp³-hybridized carbons (Fsp3) is 0.423. The van der Waals surface area contributed by atoms with Crippen molar-refractivity contribution in [2.75, 3.05) is 50.7 Å². The highest BCUT2D eigenvalue weighted by Crippen LogP contribution is 2.28. The quantitative estimate of drug-likeness (QED) is 0.512. The van der Waals surface area contributed by atoms with Crippen LogP contribution in [0.4, 0.5) is 5.69 Å². The second kappa shape index (κ2) is 10.5. The van der Waals surface area contributed by atoms with E-state index in [0.717, 1.165) is 56.2 Å². The summed E-state index contributed by atoms with van der Waals surface area (Å²) in [6.45, 7) is 10.8. The number of carboxylic acids is 1. The normalized spacial score (nSPS) is 15.4. The number of anilines is 1. The zero-order valence-corrected chi connectivity index (χ0v) is 20.5. The highest BCUT2D eigenvalue weighted by atomic mass is 16.4. The molecule has 0 spiro atoms. The lowest BCUT2D eigenvalue weighted by Gasteiger charge is -2.36. The summed E-state index contributed by atoms with van der Waals surface area (Å²) >= 11 is 0. The first-order chi connectivity index (χ1) is 16.8. The standard InChI is InChI=1S/C26H33N5O4/c1-4-29(5-2)24(33)17-28-11-13-30(14-12-28)20-7-6-8-21(16-20)31-23-10-9-19(26(34)35)15-22(23)27-25(31)18(3)32/h6-10,15-16,18,32H,4-5,11-14,17H2,1-3H3,(H,34,35). The van der Waals surface area contributed by atoms with E-state index < -0.39 is 12.1 Å². The van der Waals surface area contributed by atoms with Crippen molar-refractivity contribution in [3.63, 3.8) is 0 Å². The van der Waals surface area contributed by atoms with Crippen LogP contribution in [0.1, 0.15) is 43.1 Å². The van der Waals surface area contributed by atoms with Gasteiger partial charge in [0.2, 0.25) is 5.91 Å². The summed E-state index contributed by atoms with van der Waals surface area (Å²) in [7, 11) is 0. The fourth-order valence-electron chi connectivity index (χ4n) is 4.64. The second-order valence-corrected chi connectivity index (χ2v) is 8.84. The lowest BCUT2D eigenvalue weighted by Crippen LogP contribution is -2.50. The number of aromatic carboxylic acids is 1.